The van der Waals surface area contributed by atoms with Gasteiger partial charge in [-0.1, -0.05) is 39.0 Å². The lowest BCUT2D eigenvalue weighted by Gasteiger charge is -2.13. The maximum Gasteiger partial charge on any atom is 0.287 e. The first-order valence-electron chi connectivity index (χ1n) is 6.99. The highest BCUT2D eigenvalue weighted by Gasteiger charge is 2.21. The van der Waals surface area contributed by atoms with Gasteiger partial charge in [0, 0.05) is 18.0 Å². The molecule has 0 atom stereocenters. The zero-order valence-electron chi connectivity index (χ0n) is 13.2. The van der Waals surface area contributed by atoms with Crippen LogP contribution in [0.15, 0.2) is 36.4 Å². The molecule has 2 rings (SSSR count). The summed E-state index contributed by atoms with van der Waals surface area (Å²) < 4.78 is 1.50. The Labute approximate surface area is 129 Å². The molecular weight excluding hydrogens is 280 g/mol. The van der Waals surface area contributed by atoms with Crippen LogP contribution in [-0.2, 0) is 12.5 Å². The van der Waals surface area contributed by atoms with Crippen LogP contribution in [0.2, 0.25) is 0 Å². The number of carbonyl (C=O) groups excluding carboxylic acids is 2. The summed E-state index contributed by atoms with van der Waals surface area (Å²) in [5, 5.41) is 4.33. The van der Waals surface area contributed by atoms with Crippen molar-refractivity contribution in [3.05, 3.63) is 53.3 Å². The lowest BCUT2D eigenvalue weighted by atomic mass is 9.92. The summed E-state index contributed by atoms with van der Waals surface area (Å²) in [6.45, 7) is 6.07. The molecule has 0 unspecified atom stereocenters. The molecule has 0 saturated heterocycles. The average Bonchev–Trinajstić information content (AvgIpc) is 2.87. The number of hydrazine groups is 1. The first-order chi connectivity index (χ1) is 10.3. The van der Waals surface area contributed by atoms with Crippen molar-refractivity contribution in [3.8, 4) is 0 Å². The van der Waals surface area contributed by atoms with Gasteiger partial charge >= 0.3 is 0 Å². The molecule has 0 spiro atoms. The fourth-order valence-electron chi connectivity index (χ4n) is 1.89. The number of carbonyl (C=O) groups is 2. The van der Waals surface area contributed by atoms with Crippen molar-refractivity contribution in [1.29, 1.82) is 0 Å². The lowest BCUT2D eigenvalue weighted by Crippen LogP contribution is -2.42. The number of hydrogen-bond donors (Lipinski definition) is 2. The van der Waals surface area contributed by atoms with E-state index in [0.29, 0.717) is 11.3 Å². The molecule has 0 aliphatic carbocycles. The molecular formula is C16H20N4O2. The molecule has 0 aliphatic heterocycles. The van der Waals surface area contributed by atoms with Crippen LogP contribution in [0.5, 0.6) is 0 Å². The maximum atomic E-state index is 12.2. The maximum absolute atomic E-state index is 12.2. The first kappa shape index (κ1) is 15.8. The molecule has 0 radical (unpaired) electrons. The van der Waals surface area contributed by atoms with E-state index in [9.17, 15) is 9.59 Å². The van der Waals surface area contributed by atoms with Gasteiger partial charge in [0.2, 0.25) is 0 Å². The van der Waals surface area contributed by atoms with E-state index >= 15 is 0 Å². The molecule has 0 fully saturated rings. The Kier molecular flexibility index (Phi) is 4.30. The number of hydrogen-bond acceptors (Lipinski definition) is 3. The molecule has 6 heteroatoms. The van der Waals surface area contributed by atoms with Crippen molar-refractivity contribution in [2.75, 3.05) is 0 Å². The number of nitrogens with one attached hydrogen (secondary N) is 2. The van der Waals surface area contributed by atoms with Gasteiger partial charge in [-0.25, -0.2) is 0 Å². The molecule has 2 N–H and O–H groups in total. The number of amides is 2. The van der Waals surface area contributed by atoms with E-state index in [2.05, 4.69) is 16.0 Å². The number of aryl methyl sites for hydroxylation is 1. The minimum atomic E-state index is -0.408. The Morgan fingerprint density at radius 1 is 1.05 bits per heavy atom. The molecule has 116 valence electrons. The molecule has 1 heterocycles. The zero-order valence-corrected chi connectivity index (χ0v) is 13.2. The summed E-state index contributed by atoms with van der Waals surface area (Å²) >= 11 is 0. The highest BCUT2D eigenvalue weighted by atomic mass is 16.2. The molecule has 1 aromatic heterocycles. The van der Waals surface area contributed by atoms with Gasteiger partial charge in [-0.2, -0.15) is 5.10 Å². The monoisotopic (exact) mass is 300 g/mol. The van der Waals surface area contributed by atoms with E-state index < -0.39 is 5.91 Å². The van der Waals surface area contributed by atoms with Crippen molar-refractivity contribution < 1.29 is 9.59 Å². The molecule has 6 nitrogen and oxygen atoms in total. The summed E-state index contributed by atoms with van der Waals surface area (Å²) in [6.07, 6.45) is 0. The fraction of sp³-hybridized carbons (Fsp3) is 0.312. The Hall–Kier alpha value is -2.63. The largest absolute Gasteiger partial charge is 0.287 e. The van der Waals surface area contributed by atoms with Crippen LogP contribution in [-0.4, -0.2) is 21.6 Å². The third-order valence-electron chi connectivity index (χ3n) is 3.21. The summed E-state index contributed by atoms with van der Waals surface area (Å²) in [5.41, 5.74) is 6.32. The summed E-state index contributed by atoms with van der Waals surface area (Å²) in [7, 11) is 1.70. The van der Waals surface area contributed by atoms with Gasteiger partial charge in [0.15, 0.2) is 0 Å². The predicted molar refractivity (Wildman–Crippen MR) is 83.3 cm³/mol. The zero-order chi connectivity index (χ0) is 16.3. The molecule has 2 amide bonds. The second-order valence-electron chi connectivity index (χ2n) is 6.06. The van der Waals surface area contributed by atoms with Gasteiger partial charge in [0.25, 0.3) is 11.8 Å². The van der Waals surface area contributed by atoms with Gasteiger partial charge in [-0.05, 0) is 18.2 Å². The second-order valence-corrected chi connectivity index (χ2v) is 6.06. The molecule has 0 bridgehead atoms. The standard InChI is InChI=1S/C16H20N4O2/c1-16(2,3)13-10-12(20(4)19-13)15(22)18-17-14(21)11-8-6-5-7-9-11/h5-10H,1-4H3,(H,17,21)(H,18,22). The van der Waals surface area contributed by atoms with Gasteiger partial charge in [0.1, 0.15) is 5.69 Å². The predicted octanol–water partition coefficient (Wildman–Crippen LogP) is 1.79. The number of rotatable bonds is 2. The van der Waals surface area contributed by atoms with Crippen molar-refractivity contribution in [3.63, 3.8) is 0 Å². The number of nitrogens with zero attached hydrogens (tertiary/aromatic N) is 2. The Morgan fingerprint density at radius 2 is 1.64 bits per heavy atom. The fourth-order valence-corrected chi connectivity index (χ4v) is 1.89. The highest BCUT2D eigenvalue weighted by Crippen LogP contribution is 2.21. The van der Waals surface area contributed by atoms with Gasteiger partial charge < -0.3 is 0 Å². The Balaban J connectivity index is 2.04. The van der Waals surface area contributed by atoms with Gasteiger partial charge in [-0.15, -0.1) is 0 Å². The van der Waals surface area contributed by atoms with Crippen molar-refractivity contribution in [1.82, 2.24) is 20.6 Å². The van der Waals surface area contributed by atoms with E-state index in [4.69, 9.17) is 0 Å². The van der Waals surface area contributed by atoms with Gasteiger partial charge in [0.05, 0.1) is 5.69 Å². The third-order valence-corrected chi connectivity index (χ3v) is 3.21. The van der Waals surface area contributed by atoms with E-state index in [0.717, 1.165) is 5.69 Å². The molecule has 22 heavy (non-hydrogen) atoms. The number of aromatic nitrogens is 2. The van der Waals surface area contributed by atoms with E-state index in [1.54, 1.807) is 37.4 Å². The van der Waals surface area contributed by atoms with E-state index in [-0.39, 0.29) is 11.3 Å². The first-order valence-corrected chi connectivity index (χ1v) is 6.99. The minimum absolute atomic E-state index is 0.149. The summed E-state index contributed by atoms with van der Waals surface area (Å²) in [6, 6.07) is 10.4. The lowest BCUT2D eigenvalue weighted by molar-refractivity contribution is 0.0841. The topological polar surface area (TPSA) is 76.0 Å². The van der Waals surface area contributed by atoms with Crippen LogP contribution in [0.1, 0.15) is 47.3 Å². The van der Waals surface area contributed by atoms with E-state index in [1.165, 1.54) is 4.68 Å². The smallest absolute Gasteiger partial charge is 0.267 e. The van der Waals surface area contributed by atoms with Gasteiger partial charge in [-0.3, -0.25) is 25.1 Å². The van der Waals surface area contributed by atoms with Crippen molar-refractivity contribution in [2.24, 2.45) is 7.05 Å². The van der Waals surface area contributed by atoms with Crippen LogP contribution in [0, 0.1) is 0 Å². The third kappa shape index (κ3) is 3.52. The van der Waals surface area contributed by atoms with Crippen LogP contribution in [0.3, 0.4) is 0 Å². The van der Waals surface area contributed by atoms with Crippen molar-refractivity contribution in [2.45, 2.75) is 26.2 Å². The van der Waals surface area contributed by atoms with Crippen LogP contribution in [0.4, 0.5) is 0 Å². The Morgan fingerprint density at radius 3 is 2.18 bits per heavy atom. The van der Waals surface area contributed by atoms with Crippen LogP contribution in [0.25, 0.3) is 0 Å². The Bertz CT molecular complexity index is 684. The van der Waals surface area contributed by atoms with Crippen LogP contribution >= 0.6 is 0 Å². The minimum Gasteiger partial charge on any atom is -0.267 e. The molecule has 0 aliphatic rings. The number of benzene rings is 1. The van der Waals surface area contributed by atoms with Crippen LogP contribution < -0.4 is 10.9 Å². The molecule has 2 aromatic rings. The molecule has 0 saturated carbocycles. The quantitative estimate of drug-likeness (QED) is 0.830. The summed E-state index contributed by atoms with van der Waals surface area (Å²) in [5.74, 6) is -0.776. The second kappa shape index (κ2) is 6.01. The SMILES string of the molecule is Cn1nc(C(C)(C)C)cc1C(=O)NNC(=O)c1ccccc1. The molecule has 1 aromatic carbocycles. The average molecular weight is 300 g/mol. The summed E-state index contributed by atoms with van der Waals surface area (Å²) in [4.78, 5) is 24.0. The highest BCUT2D eigenvalue weighted by molar-refractivity contribution is 5.98. The van der Waals surface area contributed by atoms with E-state index in [1.807, 2.05) is 26.8 Å². The normalized spacial score (nSPS) is 11.1. The van der Waals surface area contributed by atoms with Crippen molar-refractivity contribution >= 4 is 11.8 Å².